The molecule has 0 aromatic rings. The third-order valence-corrected chi connectivity index (χ3v) is 8.66. The molecule has 0 saturated carbocycles. The summed E-state index contributed by atoms with van der Waals surface area (Å²) < 4.78 is 16.7. The van der Waals surface area contributed by atoms with Crippen molar-refractivity contribution in [1.29, 1.82) is 5.26 Å². The molecule has 11 nitrogen and oxygen atoms in total. The molecule has 3 aliphatic rings. The van der Waals surface area contributed by atoms with E-state index in [1.165, 1.54) is 20.3 Å². The second-order valence-electron chi connectivity index (χ2n) is 12.2. The highest BCUT2D eigenvalue weighted by atomic mass is 16.5. The molecular formula is C34H48N4O7. The van der Waals surface area contributed by atoms with Gasteiger partial charge in [0.25, 0.3) is 12.2 Å². The number of carbonyl (C=O) groups is 3. The Kier molecular flexibility index (Phi) is 13.7. The number of allylic oxidation sites excluding steroid dienone is 4. The molecule has 3 rings (SSSR count). The lowest BCUT2D eigenvalue weighted by Gasteiger charge is -2.29. The van der Waals surface area contributed by atoms with Crippen LogP contribution in [0.3, 0.4) is 0 Å². The Labute approximate surface area is 266 Å². The van der Waals surface area contributed by atoms with Crippen LogP contribution in [0, 0.1) is 23.4 Å². The Morgan fingerprint density at radius 2 is 1.84 bits per heavy atom. The van der Waals surface area contributed by atoms with E-state index in [4.69, 9.17) is 14.2 Å². The Balaban J connectivity index is 2.00. The van der Waals surface area contributed by atoms with Crippen molar-refractivity contribution in [2.45, 2.75) is 77.8 Å². The number of aliphatic hydroxyl groups is 1. The smallest absolute Gasteiger partial charge is 0.287 e. The van der Waals surface area contributed by atoms with E-state index >= 15 is 0 Å². The van der Waals surface area contributed by atoms with Crippen molar-refractivity contribution in [3.8, 4) is 6.26 Å². The fourth-order valence-corrected chi connectivity index (χ4v) is 6.06. The van der Waals surface area contributed by atoms with Gasteiger partial charge < -0.3 is 34.9 Å². The molecule has 0 spiro atoms. The number of Topliss-reactive ketones (excluding diaryl/α,β-unsaturated/α-hetero) is 1. The fraction of sp³-hybridized carbons (Fsp3) is 0.588. The van der Waals surface area contributed by atoms with Gasteiger partial charge in [0.2, 0.25) is 11.6 Å². The summed E-state index contributed by atoms with van der Waals surface area (Å²) in [5.41, 5.74) is 1.44. The summed E-state index contributed by atoms with van der Waals surface area (Å²) in [7, 11) is 3.01. The molecule has 2 heterocycles. The largest absolute Gasteiger partial charge is 0.417 e. The molecular weight excluding hydrogens is 576 g/mol. The maximum atomic E-state index is 13.8. The highest BCUT2D eigenvalue weighted by Crippen LogP contribution is 2.29. The topological polar surface area (TPSA) is 150 Å². The number of carbonyl (C=O) groups excluding carboxylic acids is 3. The zero-order valence-electron chi connectivity index (χ0n) is 27.3. The fourth-order valence-electron chi connectivity index (χ4n) is 6.06. The third-order valence-electron chi connectivity index (χ3n) is 8.66. The number of rotatable bonds is 7. The number of hydrogen-bond donors (Lipinski definition) is 3. The molecule has 1 aliphatic carbocycles. The monoisotopic (exact) mass is 624 g/mol. The lowest BCUT2D eigenvalue weighted by Crippen LogP contribution is -2.38. The van der Waals surface area contributed by atoms with Gasteiger partial charge in [-0.05, 0) is 64.1 Å². The van der Waals surface area contributed by atoms with Gasteiger partial charge in [-0.15, -0.1) is 0 Å². The van der Waals surface area contributed by atoms with Crippen molar-refractivity contribution in [1.82, 2.24) is 15.5 Å². The summed E-state index contributed by atoms with van der Waals surface area (Å²) in [4.78, 5) is 42.6. The van der Waals surface area contributed by atoms with Crippen molar-refractivity contribution in [3.05, 3.63) is 58.5 Å². The molecule has 1 amide bonds. The number of hydrogen-bond acceptors (Lipinski definition) is 10. The molecule has 1 fully saturated rings. The number of ether oxygens (including phenoxy) is 3. The summed E-state index contributed by atoms with van der Waals surface area (Å²) in [5, 5.41) is 26.5. The molecule has 0 aromatic carbocycles. The van der Waals surface area contributed by atoms with Crippen molar-refractivity contribution < 1.29 is 33.7 Å². The number of nitrogens with one attached hydrogen (secondary N) is 2. The molecule has 11 heteroatoms. The van der Waals surface area contributed by atoms with Crippen molar-refractivity contribution in [3.63, 3.8) is 0 Å². The first kappa shape index (κ1) is 35.9. The zero-order valence-corrected chi connectivity index (χ0v) is 27.3. The minimum atomic E-state index is -0.912. The number of amides is 1. The quantitative estimate of drug-likeness (QED) is 0.219. The standard InChI is InChI=1S/C34H48N4O7/c1-21-16-25-30(36-12-15-38-13-7-8-14-38)27(39)19-26(32(25)41)37-34(42)22(2)10-9-11-28(43-5)33(45-20-35)24(4)18-23(3)31(40)29(17-21)44-6/h9-11,18-19,21,23,28-29,31,33,36,40H,7-8,12-17H2,1-6H3,(H,37,42)/b11-9-,22-10+,24-18+/t21-,23-,28+,29-,31+,33?/m1/s1. The summed E-state index contributed by atoms with van der Waals surface area (Å²) in [6, 6.07) is 0. The first-order valence-corrected chi connectivity index (χ1v) is 15.6. The molecule has 1 unspecified atom stereocenters. The van der Waals surface area contributed by atoms with Gasteiger partial charge in [0, 0.05) is 50.4 Å². The van der Waals surface area contributed by atoms with E-state index in [1.807, 2.05) is 19.9 Å². The summed E-state index contributed by atoms with van der Waals surface area (Å²) in [6.45, 7) is 10.5. The van der Waals surface area contributed by atoms with Crippen molar-refractivity contribution >= 4 is 17.5 Å². The predicted molar refractivity (Wildman–Crippen MR) is 169 cm³/mol. The second kappa shape index (κ2) is 17.2. The summed E-state index contributed by atoms with van der Waals surface area (Å²) in [5.74, 6) is -1.87. The normalized spacial score (nSPS) is 32.5. The maximum absolute atomic E-state index is 13.8. The average Bonchev–Trinajstić information content (AvgIpc) is 3.53. The van der Waals surface area contributed by atoms with E-state index in [2.05, 4.69) is 15.5 Å². The summed E-state index contributed by atoms with van der Waals surface area (Å²) >= 11 is 0. The molecule has 2 bridgehead atoms. The number of nitrogens with zero attached hydrogens (tertiary/aromatic N) is 2. The Morgan fingerprint density at radius 3 is 2.49 bits per heavy atom. The SMILES string of the molecule is CO[C@H]1/C=C\C=C(/C)C(=O)NC2=CC(=O)C(NCCN3CCCC3)=C(C[C@@H](C)C[C@@H](OC)[C@@H](O)[C@H](C)/C=C(\C)C1OC#N)C2=O. The minimum Gasteiger partial charge on any atom is -0.417 e. The van der Waals surface area contributed by atoms with Crippen LogP contribution < -0.4 is 10.6 Å². The van der Waals surface area contributed by atoms with E-state index in [9.17, 15) is 24.8 Å². The Bertz CT molecular complexity index is 1290. The van der Waals surface area contributed by atoms with E-state index in [1.54, 1.807) is 38.3 Å². The molecule has 246 valence electrons. The lowest BCUT2D eigenvalue weighted by molar-refractivity contribution is -0.120. The second-order valence-corrected chi connectivity index (χ2v) is 12.2. The number of ketones is 2. The van der Waals surface area contributed by atoms with Gasteiger partial charge in [-0.2, -0.15) is 5.26 Å². The zero-order chi connectivity index (χ0) is 33.1. The minimum absolute atomic E-state index is 0.0824. The number of aliphatic hydroxyl groups excluding tert-OH is 1. The molecule has 0 radical (unpaired) electrons. The van der Waals surface area contributed by atoms with Gasteiger partial charge in [-0.3, -0.25) is 14.4 Å². The molecule has 45 heavy (non-hydrogen) atoms. The van der Waals surface area contributed by atoms with Gasteiger partial charge in [-0.25, -0.2) is 0 Å². The molecule has 1 saturated heterocycles. The van der Waals surface area contributed by atoms with Crippen molar-refractivity contribution in [2.75, 3.05) is 40.4 Å². The Morgan fingerprint density at radius 1 is 1.13 bits per heavy atom. The maximum Gasteiger partial charge on any atom is 0.287 e. The molecule has 2 aliphatic heterocycles. The number of fused-ring (bicyclic) bond motifs is 2. The van der Waals surface area contributed by atoms with Gasteiger partial charge in [0.05, 0.1) is 23.6 Å². The number of methoxy groups -OCH3 is 2. The first-order chi connectivity index (χ1) is 21.5. The third kappa shape index (κ3) is 9.71. The number of nitriles is 1. The van der Waals surface area contributed by atoms with E-state index < -0.39 is 36.1 Å². The van der Waals surface area contributed by atoms with Crippen LogP contribution in [-0.4, -0.2) is 92.3 Å². The van der Waals surface area contributed by atoms with Crippen LogP contribution in [0.15, 0.2) is 58.5 Å². The highest BCUT2D eigenvalue weighted by Gasteiger charge is 2.33. The van der Waals surface area contributed by atoms with Crippen LogP contribution in [0.4, 0.5) is 0 Å². The van der Waals surface area contributed by atoms with Crippen molar-refractivity contribution in [2.24, 2.45) is 11.8 Å². The van der Waals surface area contributed by atoms with Crippen LogP contribution >= 0.6 is 0 Å². The van der Waals surface area contributed by atoms with Gasteiger partial charge >= 0.3 is 0 Å². The van der Waals surface area contributed by atoms with E-state index in [-0.39, 0.29) is 35.4 Å². The summed E-state index contributed by atoms with van der Waals surface area (Å²) in [6.07, 6.45) is 9.55. The number of likely N-dealkylation sites (tertiary alicyclic amines) is 1. The van der Waals surface area contributed by atoms with Crippen LogP contribution in [0.25, 0.3) is 0 Å². The average molecular weight is 625 g/mol. The lowest BCUT2D eigenvalue weighted by atomic mass is 9.85. The van der Waals surface area contributed by atoms with E-state index in [0.717, 1.165) is 32.5 Å². The molecule has 0 aromatic heterocycles. The van der Waals surface area contributed by atoms with Crippen LogP contribution in [-0.2, 0) is 28.6 Å². The Hall–Kier alpha value is -3.56. The van der Waals surface area contributed by atoms with Gasteiger partial charge in [-0.1, -0.05) is 38.2 Å². The van der Waals surface area contributed by atoms with E-state index in [0.29, 0.717) is 29.7 Å². The molecule has 3 N–H and O–H groups in total. The first-order valence-electron chi connectivity index (χ1n) is 15.6. The van der Waals surface area contributed by atoms with Crippen LogP contribution in [0.1, 0.15) is 53.4 Å². The van der Waals surface area contributed by atoms with Crippen LogP contribution in [0.5, 0.6) is 0 Å². The van der Waals surface area contributed by atoms with Gasteiger partial charge in [0.1, 0.15) is 6.10 Å². The predicted octanol–water partition coefficient (Wildman–Crippen LogP) is 2.85. The van der Waals surface area contributed by atoms with Crippen LogP contribution in [0.2, 0.25) is 0 Å². The van der Waals surface area contributed by atoms with Gasteiger partial charge in [0.15, 0.2) is 6.10 Å². The highest BCUT2D eigenvalue weighted by molar-refractivity contribution is 6.23. The molecule has 6 atom stereocenters.